The SMILES string of the molecule is CCCN(C)c1cc(-c2ccccc2)nc(SCc2cccc(C(=O)NN3CCOCC3)c2)n1. The van der Waals surface area contributed by atoms with E-state index in [9.17, 15) is 4.79 Å². The fourth-order valence-electron chi connectivity index (χ4n) is 3.71. The lowest BCUT2D eigenvalue weighted by atomic mass is 10.1. The number of carbonyl (C=O) groups is 1. The van der Waals surface area contributed by atoms with Gasteiger partial charge in [0.25, 0.3) is 5.91 Å². The molecule has 1 fully saturated rings. The summed E-state index contributed by atoms with van der Waals surface area (Å²) in [6.45, 7) is 5.75. The Kier molecular flexibility index (Phi) is 8.51. The molecule has 1 saturated heterocycles. The van der Waals surface area contributed by atoms with Gasteiger partial charge in [-0.15, -0.1) is 0 Å². The van der Waals surface area contributed by atoms with Crippen LogP contribution in [-0.2, 0) is 10.5 Å². The van der Waals surface area contributed by atoms with Gasteiger partial charge in [-0.2, -0.15) is 0 Å². The quantitative estimate of drug-likeness (QED) is 0.365. The van der Waals surface area contributed by atoms with Crippen LogP contribution >= 0.6 is 11.8 Å². The standard InChI is InChI=1S/C26H31N5O2S/c1-3-12-30(2)24-18-23(21-9-5-4-6-10-21)27-26(28-24)34-19-20-8-7-11-22(17-20)25(32)29-31-13-15-33-16-14-31/h4-11,17-18H,3,12-16,19H2,1-2H3,(H,29,32). The molecule has 178 valence electrons. The number of aromatic nitrogens is 2. The number of morpholine rings is 1. The molecule has 1 aliphatic heterocycles. The van der Waals surface area contributed by atoms with Crippen molar-refractivity contribution >= 4 is 23.5 Å². The Morgan fingerprint density at radius 1 is 1.09 bits per heavy atom. The van der Waals surface area contributed by atoms with E-state index in [4.69, 9.17) is 14.7 Å². The van der Waals surface area contributed by atoms with E-state index < -0.39 is 0 Å². The monoisotopic (exact) mass is 477 g/mol. The second-order valence-electron chi connectivity index (χ2n) is 8.21. The van der Waals surface area contributed by atoms with Crippen molar-refractivity contribution in [1.29, 1.82) is 0 Å². The molecule has 0 aliphatic carbocycles. The Bertz CT molecular complexity index is 1090. The fourth-order valence-corrected chi connectivity index (χ4v) is 4.51. The third kappa shape index (κ3) is 6.56. The Morgan fingerprint density at radius 2 is 1.88 bits per heavy atom. The molecule has 0 saturated carbocycles. The number of hydrazine groups is 1. The van der Waals surface area contributed by atoms with Gasteiger partial charge in [0.2, 0.25) is 0 Å². The summed E-state index contributed by atoms with van der Waals surface area (Å²) in [6, 6.07) is 20.0. The predicted octanol–water partition coefficient (Wildman–Crippen LogP) is 4.26. The van der Waals surface area contributed by atoms with Gasteiger partial charge in [-0.25, -0.2) is 15.0 Å². The van der Waals surface area contributed by atoms with Crippen LogP contribution in [-0.4, -0.2) is 60.8 Å². The number of ether oxygens (including phenoxy) is 1. The summed E-state index contributed by atoms with van der Waals surface area (Å²) in [5.74, 6) is 1.49. The van der Waals surface area contributed by atoms with Gasteiger partial charge in [0.1, 0.15) is 5.82 Å². The maximum atomic E-state index is 12.7. The number of hydrogen-bond acceptors (Lipinski definition) is 7. The van der Waals surface area contributed by atoms with Gasteiger partial charge in [-0.05, 0) is 24.1 Å². The number of carbonyl (C=O) groups excluding carboxylic acids is 1. The van der Waals surface area contributed by atoms with E-state index >= 15 is 0 Å². The summed E-state index contributed by atoms with van der Waals surface area (Å²) in [7, 11) is 2.06. The maximum Gasteiger partial charge on any atom is 0.265 e. The highest BCUT2D eigenvalue weighted by molar-refractivity contribution is 7.98. The molecule has 7 nitrogen and oxygen atoms in total. The summed E-state index contributed by atoms with van der Waals surface area (Å²) in [4.78, 5) is 24.5. The van der Waals surface area contributed by atoms with Crippen LogP contribution in [0.3, 0.4) is 0 Å². The van der Waals surface area contributed by atoms with Crippen molar-refractivity contribution in [2.75, 3.05) is 44.8 Å². The number of rotatable bonds is 9. The molecule has 2 aromatic carbocycles. The van der Waals surface area contributed by atoms with Crippen molar-refractivity contribution in [1.82, 2.24) is 20.4 Å². The zero-order valence-electron chi connectivity index (χ0n) is 19.7. The van der Waals surface area contributed by atoms with Crippen LogP contribution in [0.15, 0.2) is 65.8 Å². The van der Waals surface area contributed by atoms with Gasteiger partial charge in [-0.3, -0.25) is 10.2 Å². The number of amides is 1. The summed E-state index contributed by atoms with van der Waals surface area (Å²) >= 11 is 1.58. The molecular formula is C26H31N5O2S. The number of anilines is 1. The number of hydrogen-bond donors (Lipinski definition) is 1. The molecule has 1 aliphatic rings. The molecule has 0 bridgehead atoms. The molecule has 1 aromatic heterocycles. The second kappa shape index (κ2) is 12.0. The van der Waals surface area contributed by atoms with Gasteiger partial charge in [0.05, 0.1) is 18.9 Å². The maximum absolute atomic E-state index is 12.7. The third-order valence-electron chi connectivity index (χ3n) is 5.54. The molecule has 2 heterocycles. The van der Waals surface area contributed by atoms with Crippen molar-refractivity contribution in [3.8, 4) is 11.3 Å². The molecule has 0 atom stereocenters. The van der Waals surface area contributed by atoms with Gasteiger partial charge in [0.15, 0.2) is 5.16 Å². The van der Waals surface area contributed by atoms with Crippen LogP contribution < -0.4 is 10.3 Å². The lowest BCUT2D eigenvalue weighted by Crippen LogP contribution is -2.48. The lowest BCUT2D eigenvalue weighted by molar-refractivity contribution is 0.0126. The Morgan fingerprint density at radius 3 is 2.65 bits per heavy atom. The van der Waals surface area contributed by atoms with Crippen molar-refractivity contribution in [2.24, 2.45) is 0 Å². The van der Waals surface area contributed by atoms with E-state index in [2.05, 4.69) is 36.4 Å². The second-order valence-corrected chi connectivity index (χ2v) is 9.15. The van der Waals surface area contributed by atoms with Gasteiger partial charge >= 0.3 is 0 Å². The van der Waals surface area contributed by atoms with Crippen molar-refractivity contribution in [2.45, 2.75) is 24.3 Å². The summed E-state index contributed by atoms with van der Waals surface area (Å²) in [6.07, 6.45) is 1.04. The minimum atomic E-state index is -0.0976. The fraction of sp³-hybridized carbons (Fsp3) is 0.346. The minimum Gasteiger partial charge on any atom is -0.379 e. The topological polar surface area (TPSA) is 70.6 Å². The molecule has 1 N–H and O–H groups in total. The first kappa shape index (κ1) is 24.2. The van der Waals surface area contributed by atoms with E-state index in [0.717, 1.165) is 40.8 Å². The zero-order chi connectivity index (χ0) is 23.8. The average molecular weight is 478 g/mol. The largest absolute Gasteiger partial charge is 0.379 e. The first-order valence-electron chi connectivity index (χ1n) is 11.6. The van der Waals surface area contributed by atoms with E-state index in [1.807, 2.05) is 53.5 Å². The van der Waals surface area contributed by atoms with Crippen LogP contribution in [0.25, 0.3) is 11.3 Å². The Balaban J connectivity index is 1.48. The number of nitrogens with one attached hydrogen (secondary N) is 1. The molecular weight excluding hydrogens is 446 g/mol. The number of nitrogens with zero attached hydrogens (tertiary/aromatic N) is 4. The first-order valence-corrected chi connectivity index (χ1v) is 12.6. The summed E-state index contributed by atoms with van der Waals surface area (Å²) < 4.78 is 5.34. The van der Waals surface area contributed by atoms with Crippen LogP contribution in [0.1, 0.15) is 29.3 Å². The van der Waals surface area contributed by atoms with Crippen LogP contribution in [0.5, 0.6) is 0 Å². The van der Waals surface area contributed by atoms with Crippen molar-refractivity contribution in [3.05, 3.63) is 71.8 Å². The Hall–Kier alpha value is -2.94. The number of thioether (sulfide) groups is 1. The van der Waals surface area contributed by atoms with E-state index in [-0.39, 0.29) is 5.91 Å². The predicted molar refractivity (Wildman–Crippen MR) is 137 cm³/mol. The molecule has 0 radical (unpaired) electrons. The minimum absolute atomic E-state index is 0.0976. The first-order chi connectivity index (χ1) is 16.6. The Labute approximate surface area is 205 Å². The highest BCUT2D eigenvalue weighted by Crippen LogP contribution is 2.27. The summed E-state index contributed by atoms with van der Waals surface area (Å²) in [5.41, 5.74) is 6.65. The molecule has 34 heavy (non-hydrogen) atoms. The van der Waals surface area contributed by atoms with Crippen LogP contribution in [0.2, 0.25) is 0 Å². The molecule has 1 amide bonds. The molecule has 3 aromatic rings. The van der Waals surface area contributed by atoms with Gasteiger partial charge < -0.3 is 9.64 Å². The summed E-state index contributed by atoms with van der Waals surface area (Å²) in [5, 5.41) is 2.63. The molecule has 8 heteroatoms. The van der Waals surface area contributed by atoms with Crippen LogP contribution in [0.4, 0.5) is 5.82 Å². The van der Waals surface area contributed by atoms with Gasteiger partial charge in [0, 0.05) is 49.6 Å². The highest BCUT2D eigenvalue weighted by atomic mass is 32.2. The molecule has 4 rings (SSSR count). The third-order valence-corrected chi connectivity index (χ3v) is 6.46. The average Bonchev–Trinajstić information content (AvgIpc) is 2.89. The van der Waals surface area contributed by atoms with Gasteiger partial charge in [-0.1, -0.05) is 61.2 Å². The normalized spacial score (nSPS) is 14.1. The highest BCUT2D eigenvalue weighted by Gasteiger charge is 2.15. The van der Waals surface area contributed by atoms with E-state index in [0.29, 0.717) is 37.6 Å². The smallest absolute Gasteiger partial charge is 0.265 e. The van der Waals surface area contributed by atoms with Crippen LogP contribution in [0, 0.1) is 0 Å². The van der Waals surface area contributed by atoms with Crippen molar-refractivity contribution < 1.29 is 9.53 Å². The zero-order valence-corrected chi connectivity index (χ0v) is 20.6. The number of benzene rings is 2. The molecule has 0 unspecified atom stereocenters. The van der Waals surface area contributed by atoms with Crippen molar-refractivity contribution in [3.63, 3.8) is 0 Å². The molecule has 0 spiro atoms. The van der Waals surface area contributed by atoms with E-state index in [1.165, 1.54) is 0 Å². The van der Waals surface area contributed by atoms with E-state index in [1.54, 1.807) is 11.8 Å². The lowest BCUT2D eigenvalue weighted by Gasteiger charge is -2.26.